The molecule has 0 aromatic heterocycles. The van der Waals surface area contributed by atoms with Crippen molar-refractivity contribution < 1.29 is 18.0 Å². The van der Waals surface area contributed by atoms with Gasteiger partial charge in [-0.1, -0.05) is 96.7 Å². The van der Waals surface area contributed by atoms with Crippen molar-refractivity contribution in [2.24, 2.45) is 0 Å². The zero-order chi connectivity index (χ0) is 34.1. The van der Waals surface area contributed by atoms with Gasteiger partial charge in [0.05, 0.1) is 10.6 Å². The first kappa shape index (κ1) is 36.0. The molecule has 2 amide bonds. The van der Waals surface area contributed by atoms with Crippen LogP contribution in [0.25, 0.3) is 0 Å². The van der Waals surface area contributed by atoms with E-state index in [0.29, 0.717) is 27.8 Å². The van der Waals surface area contributed by atoms with Gasteiger partial charge in [0.15, 0.2) is 0 Å². The van der Waals surface area contributed by atoms with Gasteiger partial charge in [-0.15, -0.1) is 0 Å². The largest absolute Gasteiger partial charge is 0.354 e. The van der Waals surface area contributed by atoms with E-state index in [4.69, 9.17) is 23.2 Å². The number of halogens is 2. The van der Waals surface area contributed by atoms with Crippen molar-refractivity contribution in [3.63, 3.8) is 0 Å². The Kier molecular flexibility index (Phi) is 12.5. The first-order chi connectivity index (χ1) is 22.4. The van der Waals surface area contributed by atoms with Gasteiger partial charge >= 0.3 is 0 Å². The second-order valence-corrected chi connectivity index (χ2v) is 14.4. The van der Waals surface area contributed by atoms with Crippen LogP contribution in [-0.2, 0) is 32.6 Å². The predicted octanol–water partition coefficient (Wildman–Crippen LogP) is 7.67. The number of hydrogen-bond donors (Lipinski definition) is 1. The zero-order valence-electron chi connectivity index (χ0n) is 27.2. The van der Waals surface area contributed by atoms with Crippen LogP contribution in [-0.4, -0.2) is 44.3 Å². The van der Waals surface area contributed by atoms with Crippen LogP contribution >= 0.6 is 23.2 Å². The summed E-state index contributed by atoms with van der Waals surface area (Å²) in [4.78, 5) is 30.1. The highest BCUT2D eigenvalue weighted by molar-refractivity contribution is 7.92. The van der Waals surface area contributed by atoms with Crippen molar-refractivity contribution in [3.05, 3.63) is 129 Å². The van der Waals surface area contributed by atoms with Crippen molar-refractivity contribution in [1.82, 2.24) is 10.2 Å². The molecule has 0 unspecified atom stereocenters. The third-order valence-corrected chi connectivity index (χ3v) is 10.4. The van der Waals surface area contributed by atoms with E-state index in [1.165, 1.54) is 17.0 Å². The van der Waals surface area contributed by atoms with Gasteiger partial charge in [-0.2, -0.15) is 0 Å². The molecule has 1 N–H and O–H groups in total. The first-order valence-corrected chi connectivity index (χ1v) is 17.8. The molecule has 0 fully saturated rings. The number of sulfonamides is 1. The van der Waals surface area contributed by atoms with Crippen LogP contribution in [0.5, 0.6) is 0 Å². The minimum absolute atomic E-state index is 0.0499. The Morgan fingerprint density at radius 1 is 0.809 bits per heavy atom. The molecule has 4 rings (SSSR count). The summed E-state index contributed by atoms with van der Waals surface area (Å²) in [7, 11) is -4.21. The Morgan fingerprint density at radius 3 is 2.02 bits per heavy atom. The maximum Gasteiger partial charge on any atom is 0.264 e. The highest BCUT2D eigenvalue weighted by Crippen LogP contribution is 2.30. The number of nitrogens with zero attached hydrogens (tertiary/aromatic N) is 2. The van der Waals surface area contributed by atoms with E-state index in [2.05, 4.69) is 5.32 Å². The van der Waals surface area contributed by atoms with E-state index >= 15 is 0 Å². The van der Waals surface area contributed by atoms with Crippen LogP contribution in [0.3, 0.4) is 0 Å². The lowest BCUT2D eigenvalue weighted by atomic mass is 10.0. The number of carbonyl (C=O) groups is 2. The zero-order valence-corrected chi connectivity index (χ0v) is 29.5. The predicted molar refractivity (Wildman–Crippen MR) is 190 cm³/mol. The first-order valence-electron chi connectivity index (χ1n) is 15.6. The quantitative estimate of drug-likeness (QED) is 0.137. The molecule has 0 heterocycles. The van der Waals surface area contributed by atoms with Crippen LogP contribution < -0.4 is 9.62 Å². The third kappa shape index (κ3) is 9.37. The lowest BCUT2D eigenvalue weighted by molar-refractivity contribution is -0.140. The molecule has 7 nitrogen and oxygen atoms in total. The van der Waals surface area contributed by atoms with Crippen molar-refractivity contribution in [2.75, 3.05) is 17.4 Å². The summed E-state index contributed by atoms with van der Waals surface area (Å²) in [5.74, 6) is -0.930. The fourth-order valence-electron chi connectivity index (χ4n) is 5.37. The molecule has 10 heteroatoms. The van der Waals surface area contributed by atoms with Crippen molar-refractivity contribution in [3.8, 4) is 0 Å². The van der Waals surface area contributed by atoms with Gasteiger partial charge in [0, 0.05) is 35.1 Å². The highest BCUT2D eigenvalue weighted by atomic mass is 35.5. The molecule has 0 aliphatic carbocycles. The maximum absolute atomic E-state index is 14.7. The molecule has 0 bridgehead atoms. The number of amides is 2. The molecular weight excluding hydrogens is 653 g/mol. The average Bonchev–Trinajstić information content (AvgIpc) is 3.03. The number of aryl methyl sites for hydroxylation is 3. The minimum atomic E-state index is -4.21. The summed E-state index contributed by atoms with van der Waals surface area (Å²) >= 11 is 13.2. The van der Waals surface area contributed by atoms with Crippen molar-refractivity contribution in [2.45, 2.75) is 64.4 Å². The molecule has 0 radical (unpaired) electrons. The lowest BCUT2D eigenvalue weighted by Crippen LogP contribution is -2.53. The fourth-order valence-corrected chi connectivity index (χ4v) is 7.29. The summed E-state index contributed by atoms with van der Waals surface area (Å²) in [5.41, 5.74) is 4.23. The van der Waals surface area contributed by atoms with Crippen molar-refractivity contribution >= 4 is 50.7 Å². The smallest absolute Gasteiger partial charge is 0.264 e. The molecule has 0 saturated heterocycles. The van der Waals surface area contributed by atoms with E-state index in [1.807, 2.05) is 64.1 Å². The number of hydrogen-bond acceptors (Lipinski definition) is 4. The number of carbonyl (C=O) groups excluding carboxylic acids is 2. The summed E-state index contributed by atoms with van der Waals surface area (Å²) < 4.78 is 29.7. The SMILES string of the molecule is CCCCNC(=O)[C@H](Cc1ccccc1)N(Cc1c(Cl)cccc1Cl)C(=O)CN(c1cc(C)cc(C)c1)S(=O)(=O)c1ccc(C)cc1. The third-order valence-electron chi connectivity index (χ3n) is 7.87. The molecule has 0 saturated carbocycles. The number of nitrogens with one attached hydrogen (secondary N) is 1. The molecule has 47 heavy (non-hydrogen) atoms. The van der Waals surface area contributed by atoms with E-state index < -0.39 is 28.5 Å². The Balaban J connectivity index is 1.85. The Bertz CT molecular complexity index is 1760. The molecule has 0 spiro atoms. The van der Waals surface area contributed by atoms with Crippen LogP contribution in [0, 0.1) is 20.8 Å². The van der Waals surface area contributed by atoms with Gasteiger partial charge in [-0.3, -0.25) is 13.9 Å². The Morgan fingerprint density at radius 2 is 1.43 bits per heavy atom. The molecule has 4 aromatic carbocycles. The van der Waals surface area contributed by atoms with Gasteiger partial charge in [0.25, 0.3) is 10.0 Å². The normalized spacial score (nSPS) is 12.0. The van der Waals surface area contributed by atoms with Gasteiger partial charge in [0.1, 0.15) is 12.6 Å². The van der Waals surface area contributed by atoms with E-state index in [1.54, 1.807) is 42.5 Å². The fraction of sp³-hybridized carbons (Fsp3) is 0.297. The number of unbranched alkanes of at least 4 members (excludes halogenated alkanes) is 1. The van der Waals surface area contributed by atoms with Gasteiger partial charge in [0.2, 0.25) is 11.8 Å². The molecular formula is C37H41Cl2N3O4S. The summed E-state index contributed by atoms with van der Waals surface area (Å²) in [6.45, 7) is 7.41. The molecule has 4 aromatic rings. The molecule has 248 valence electrons. The lowest BCUT2D eigenvalue weighted by Gasteiger charge is -2.34. The maximum atomic E-state index is 14.7. The van der Waals surface area contributed by atoms with Crippen LogP contribution in [0.15, 0.2) is 95.9 Å². The van der Waals surface area contributed by atoms with Crippen LogP contribution in [0.1, 0.15) is 47.6 Å². The van der Waals surface area contributed by atoms with E-state index in [0.717, 1.165) is 39.4 Å². The summed E-state index contributed by atoms with van der Waals surface area (Å²) in [6, 6.07) is 25.4. The van der Waals surface area contributed by atoms with E-state index in [9.17, 15) is 18.0 Å². The molecule has 0 aliphatic rings. The van der Waals surface area contributed by atoms with Gasteiger partial charge in [-0.05, 0) is 80.3 Å². The van der Waals surface area contributed by atoms with Crippen molar-refractivity contribution in [1.29, 1.82) is 0 Å². The summed E-state index contributed by atoms with van der Waals surface area (Å²) in [6.07, 6.45) is 1.84. The van der Waals surface area contributed by atoms with Crippen LogP contribution in [0.4, 0.5) is 5.69 Å². The second kappa shape index (κ2) is 16.3. The van der Waals surface area contributed by atoms with Gasteiger partial charge in [-0.25, -0.2) is 8.42 Å². The van der Waals surface area contributed by atoms with Crippen LogP contribution in [0.2, 0.25) is 10.0 Å². The van der Waals surface area contributed by atoms with Gasteiger partial charge < -0.3 is 10.2 Å². The second-order valence-electron chi connectivity index (χ2n) is 11.7. The molecule has 0 aliphatic heterocycles. The van der Waals surface area contributed by atoms with E-state index in [-0.39, 0.29) is 23.8 Å². The monoisotopic (exact) mass is 693 g/mol. The Labute approximate surface area is 288 Å². The molecule has 1 atom stereocenters. The summed E-state index contributed by atoms with van der Waals surface area (Å²) in [5, 5.41) is 3.65. The standard InChI is InChI=1S/C37H41Cl2N3O4S/c1-5-6-19-40-37(44)35(23-29-11-8-7-9-12-29)41(24-32-33(38)13-10-14-34(32)39)36(43)25-42(30-21-27(3)20-28(4)22-30)47(45,46)31-17-15-26(2)16-18-31/h7-18,20-22,35H,5-6,19,23-25H2,1-4H3,(H,40,44)/t35-/m0/s1. The topological polar surface area (TPSA) is 86.8 Å². The number of benzene rings is 4. The average molecular weight is 695 g/mol. The Hall–Kier alpha value is -3.85. The minimum Gasteiger partial charge on any atom is -0.354 e. The number of anilines is 1. The highest BCUT2D eigenvalue weighted by Gasteiger charge is 2.35. The number of rotatable bonds is 14.